The highest BCUT2D eigenvalue weighted by atomic mass is 35.5. The molecule has 0 fully saturated rings. The second-order valence-corrected chi connectivity index (χ2v) is 10.0. The standard InChI is InChI=1S/C18H22ClN3O3S2/c1-3-21(10-14-4-7-17(19)26-14)11-18(23)22-12(2)8-13-9-15(27(20,24)25)5-6-16(13)22/h4-7,9,12H,3,8,10-11H2,1-2H3,(H2,20,24,25). The lowest BCUT2D eigenvalue weighted by atomic mass is 10.1. The molecular formula is C18H22ClN3O3S2. The number of anilines is 1. The van der Waals surface area contributed by atoms with Gasteiger partial charge in [0, 0.05) is 23.2 Å². The second kappa shape index (κ2) is 7.89. The average molecular weight is 428 g/mol. The van der Waals surface area contributed by atoms with Gasteiger partial charge in [0.15, 0.2) is 0 Å². The van der Waals surface area contributed by atoms with Gasteiger partial charge in [-0.25, -0.2) is 13.6 Å². The number of fused-ring (bicyclic) bond motifs is 1. The van der Waals surface area contributed by atoms with Crippen molar-refractivity contribution in [3.8, 4) is 0 Å². The summed E-state index contributed by atoms with van der Waals surface area (Å²) in [6, 6.07) is 8.50. The van der Waals surface area contributed by atoms with Crippen molar-refractivity contribution in [2.75, 3.05) is 18.0 Å². The van der Waals surface area contributed by atoms with Crippen molar-refractivity contribution in [2.24, 2.45) is 5.14 Å². The van der Waals surface area contributed by atoms with E-state index in [1.54, 1.807) is 17.0 Å². The second-order valence-electron chi connectivity index (χ2n) is 6.66. The lowest BCUT2D eigenvalue weighted by Crippen LogP contribution is -2.42. The number of likely N-dealkylation sites (N-methyl/N-ethyl adjacent to an activating group) is 1. The minimum absolute atomic E-state index is 0.00545. The molecule has 2 N–H and O–H groups in total. The van der Waals surface area contributed by atoms with Crippen LogP contribution in [0.3, 0.4) is 0 Å². The zero-order chi connectivity index (χ0) is 19.8. The number of amides is 1. The monoisotopic (exact) mass is 427 g/mol. The molecule has 0 aliphatic carbocycles. The third kappa shape index (κ3) is 4.52. The van der Waals surface area contributed by atoms with Crippen molar-refractivity contribution in [1.82, 2.24) is 4.90 Å². The van der Waals surface area contributed by atoms with Gasteiger partial charge in [0.1, 0.15) is 0 Å². The van der Waals surface area contributed by atoms with Gasteiger partial charge in [0.2, 0.25) is 15.9 Å². The number of benzene rings is 1. The SMILES string of the molecule is CCN(CC(=O)N1c2ccc(S(N)(=O)=O)cc2CC1C)Cc1ccc(Cl)s1. The molecule has 2 heterocycles. The third-order valence-electron chi connectivity index (χ3n) is 4.68. The minimum Gasteiger partial charge on any atom is -0.308 e. The number of halogens is 1. The summed E-state index contributed by atoms with van der Waals surface area (Å²) in [5.74, 6) is -0.00545. The lowest BCUT2D eigenvalue weighted by Gasteiger charge is -2.27. The maximum absolute atomic E-state index is 13.0. The summed E-state index contributed by atoms with van der Waals surface area (Å²) in [5, 5.41) is 5.22. The molecule has 3 rings (SSSR count). The summed E-state index contributed by atoms with van der Waals surface area (Å²) in [4.78, 5) is 18.0. The number of primary sulfonamides is 1. The number of carbonyl (C=O) groups is 1. The molecule has 1 aliphatic heterocycles. The molecule has 0 bridgehead atoms. The Labute approximate surface area is 168 Å². The van der Waals surface area contributed by atoms with E-state index in [-0.39, 0.29) is 23.4 Å². The first-order valence-electron chi connectivity index (χ1n) is 8.63. The van der Waals surface area contributed by atoms with E-state index in [0.717, 1.165) is 27.0 Å². The van der Waals surface area contributed by atoms with E-state index in [2.05, 4.69) is 4.90 Å². The Hall–Kier alpha value is -1.45. The van der Waals surface area contributed by atoms with Crippen molar-refractivity contribution in [1.29, 1.82) is 0 Å². The topological polar surface area (TPSA) is 83.7 Å². The summed E-state index contributed by atoms with van der Waals surface area (Å²) >= 11 is 7.50. The van der Waals surface area contributed by atoms with Crippen LogP contribution in [0.5, 0.6) is 0 Å². The van der Waals surface area contributed by atoms with E-state index >= 15 is 0 Å². The van der Waals surface area contributed by atoms with E-state index in [4.69, 9.17) is 16.7 Å². The van der Waals surface area contributed by atoms with Crippen LogP contribution in [0.15, 0.2) is 35.2 Å². The molecule has 2 aromatic rings. The predicted molar refractivity (Wildman–Crippen MR) is 109 cm³/mol. The molecule has 1 aliphatic rings. The lowest BCUT2D eigenvalue weighted by molar-refractivity contribution is -0.120. The molecule has 0 saturated carbocycles. The Morgan fingerprint density at radius 2 is 2.11 bits per heavy atom. The van der Waals surface area contributed by atoms with Gasteiger partial charge in [-0.15, -0.1) is 11.3 Å². The van der Waals surface area contributed by atoms with Crippen molar-refractivity contribution in [3.05, 3.63) is 45.1 Å². The van der Waals surface area contributed by atoms with E-state index in [1.807, 2.05) is 26.0 Å². The van der Waals surface area contributed by atoms with Crippen LogP contribution in [0.2, 0.25) is 4.34 Å². The highest BCUT2D eigenvalue weighted by Crippen LogP contribution is 2.34. The van der Waals surface area contributed by atoms with E-state index in [9.17, 15) is 13.2 Å². The zero-order valence-corrected chi connectivity index (χ0v) is 17.6. The molecule has 6 nitrogen and oxygen atoms in total. The molecule has 146 valence electrons. The molecule has 1 atom stereocenters. The van der Waals surface area contributed by atoms with Crippen molar-refractivity contribution in [2.45, 2.75) is 37.8 Å². The molecule has 0 radical (unpaired) electrons. The predicted octanol–water partition coefficient (Wildman–Crippen LogP) is 2.85. The molecule has 1 aromatic carbocycles. The fourth-order valence-corrected chi connectivity index (χ4v) is 5.06. The van der Waals surface area contributed by atoms with Crippen molar-refractivity contribution < 1.29 is 13.2 Å². The highest BCUT2D eigenvalue weighted by Gasteiger charge is 2.32. The number of thiophene rings is 1. The Balaban J connectivity index is 1.77. The van der Waals surface area contributed by atoms with Gasteiger partial charge in [-0.2, -0.15) is 0 Å². The number of sulfonamides is 1. The summed E-state index contributed by atoms with van der Waals surface area (Å²) < 4.78 is 23.9. The first-order chi connectivity index (χ1) is 12.7. The van der Waals surface area contributed by atoms with Crippen LogP contribution < -0.4 is 10.0 Å². The molecular weight excluding hydrogens is 406 g/mol. The number of hydrogen-bond donors (Lipinski definition) is 1. The van der Waals surface area contributed by atoms with Crippen LogP contribution in [-0.4, -0.2) is 38.4 Å². The first-order valence-corrected chi connectivity index (χ1v) is 11.4. The molecule has 0 saturated heterocycles. The molecule has 9 heteroatoms. The Morgan fingerprint density at radius 1 is 1.37 bits per heavy atom. The van der Waals surface area contributed by atoms with Gasteiger partial charge in [-0.3, -0.25) is 9.69 Å². The Bertz CT molecular complexity index is 959. The van der Waals surface area contributed by atoms with E-state index in [1.165, 1.54) is 17.4 Å². The smallest absolute Gasteiger partial charge is 0.241 e. The van der Waals surface area contributed by atoms with Gasteiger partial charge in [0.25, 0.3) is 0 Å². The number of hydrogen-bond acceptors (Lipinski definition) is 5. The fraction of sp³-hybridized carbons (Fsp3) is 0.389. The largest absolute Gasteiger partial charge is 0.308 e. The molecule has 0 spiro atoms. The minimum atomic E-state index is -3.76. The van der Waals surface area contributed by atoms with E-state index in [0.29, 0.717) is 13.0 Å². The molecule has 27 heavy (non-hydrogen) atoms. The van der Waals surface area contributed by atoms with Crippen LogP contribution >= 0.6 is 22.9 Å². The number of nitrogens with zero attached hydrogens (tertiary/aromatic N) is 2. The van der Waals surface area contributed by atoms with Crippen LogP contribution in [-0.2, 0) is 27.8 Å². The zero-order valence-electron chi connectivity index (χ0n) is 15.2. The third-order valence-corrected chi connectivity index (χ3v) is 6.81. The maximum atomic E-state index is 13.0. The van der Waals surface area contributed by atoms with Crippen LogP contribution in [0.25, 0.3) is 0 Å². The quantitative estimate of drug-likeness (QED) is 0.768. The fourth-order valence-electron chi connectivity index (χ4n) is 3.37. The van der Waals surface area contributed by atoms with Gasteiger partial charge in [-0.1, -0.05) is 18.5 Å². The molecule has 1 aromatic heterocycles. The van der Waals surface area contributed by atoms with Gasteiger partial charge < -0.3 is 4.90 Å². The van der Waals surface area contributed by atoms with Crippen molar-refractivity contribution in [3.63, 3.8) is 0 Å². The first kappa shape index (κ1) is 20.3. The Kier molecular flexibility index (Phi) is 5.93. The van der Waals surface area contributed by atoms with Crippen LogP contribution in [0.1, 0.15) is 24.3 Å². The van der Waals surface area contributed by atoms with Gasteiger partial charge in [0.05, 0.1) is 15.8 Å². The normalized spacial score (nSPS) is 16.8. The summed E-state index contributed by atoms with van der Waals surface area (Å²) in [5.41, 5.74) is 1.59. The van der Waals surface area contributed by atoms with Crippen LogP contribution in [0, 0.1) is 0 Å². The maximum Gasteiger partial charge on any atom is 0.241 e. The summed E-state index contributed by atoms with van der Waals surface area (Å²) in [6.07, 6.45) is 0.608. The van der Waals surface area contributed by atoms with Gasteiger partial charge in [-0.05, 0) is 55.8 Å². The molecule has 1 unspecified atom stereocenters. The van der Waals surface area contributed by atoms with Crippen LogP contribution in [0.4, 0.5) is 5.69 Å². The number of nitrogens with two attached hydrogens (primary N) is 1. The summed E-state index contributed by atoms with van der Waals surface area (Å²) in [7, 11) is -3.76. The van der Waals surface area contributed by atoms with E-state index < -0.39 is 10.0 Å². The summed E-state index contributed by atoms with van der Waals surface area (Å²) in [6.45, 7) is 5.67. The number of rotatable bonds is 6. The number of carbonyl (C=O) groups excluding carboxylic acids is 1. The Morgan fingerprint density at radius 3 is 2.70 bits per heavy atom. The van der Waals surface area contributed by atoms with Gasteiger partial charge >= 0.3 is 0 Å². The highest BCUT2D eigenvalue weighted by molar-refractivity contribution is 7.89. The molecule has 1 amide bonds. The van der Waals surface area contributed by atoms with Crippen molar-refractivity contribution >= 4 is 44.6 Å². The average Bonchev–Trinajstić information content (AvgIpc) is 3.14.